The number of nitrogens with two attached hydrogens (primary N) is 1. The van der Waals surface area contributed by atoms with Gasteiger partial charge in [0, 0.05) is 17.8 Å². The molecule has 2 aromatic carbocycles. The summed E-state index contributed by atoms with van der Waals surface area (Å²) in [5.74, 6) is 0.556. The van der Waals surface area contributed by atoms with Crippen molar-refractivity contribution < 1.29 is 13.2 Å². The normalized spacial score (nSPS) is 11.2. The number of hydrogen-bond acceptors (Lipinski definition) is 6. The second-order valence-corrected chi connectivity index (χ2v) is 8.48. The highest BCUT2D eigenvalue weighted by Crippen LogP contribution is 2.24. The van der Waals surface area contributed by atoms with Crippen molar-refractivity contribution in [1.82, 2.24) is 14.8 Å². The molecule has 8 nitrogen and oxygen atoms in total. The minimum absolute atomic E-state index is 0.0177. The first kappa shape index (κ1) is 20.8. The zero-order valence-electron chi connectivity index (χ0n) is 15.4. The number of nitrogens with zero attached hydrogens (tertiary/aromatic N) is 3. The van der Waals surface area contributed by atoms with E-state index in [0.717, 1.165) is 5.56 Å². The molecule has 0 saturated carbocycles. The van der Waals surface area contributed by atoms with Gasteiger partial charge in [-0.15, -0.1) is 16.8 Å². The molecule has 10 heteroatoms. The fourth-order valence-corrected chi connectivity index (χ4v) is 3.81. The number of nitrogens with one attached hydrogen (secondary N) is 1. The quantitative estimate of drug-likeness (QED) is 0.419. The van der Waals surface area contributed by atoms with Gasteiger partial charge in [0.25, 0.3) is 0 Å². The number of sulfonamides is 1. The molecular formula is C19H19N5O3S2. The van der Waals surface area contributed by atoms with Crippen molar-refractivity contribution in [3.8, 4) is 11.4 Å². The number of rotatable bonds is 8. The van der Waals surface area contributed by atoms with Crippen molar-refractivity contribution in [2.45, 2.75) is 16.6 Å². The third-order valence-electron chi connectivity index (χ3n) is 3.86. The number of primary sulfonamides is 1. The molecule has 0 saturated heterocycles. The summed E-state index contributed by atoms with van der Waals surface area (Å²) >= 11 is 1.25. The molecule has 0 fully saturated rings. The minimum Gasteiger partial charge on any atom is -0.325 e. The second-order valence-electron chi connectivity index (χ2n) is 5.98. The van der Waals surface area contributed by atoms with Crippen LogP contribution in [0.3, 0.4) is 0 Å². The summed E-state index contributed by atoms with van der Waals surface area (Å²) in [5, 5.41) is 16.8. The first-order valence-corrected chi connectivity index (χ1v) is 11.1. The number of thioether (sulfide) groups is 1. The van der Waals surface area contributed by atoms with Gasteiger partial charge in [-0.1, -0.05) is 48.2 Å². The number of anilines is 1. The van der Waals surface area contributed by atoms with Crippen LogP contribution in [0, 0.1) is 0 Å². The van der Waals surface area contributed by atoms with Gasteiger partial charge in [0.05, 0.1) is 10.6 Å². The van der Waals surface area contributed by atoms with Crippen LogP contribution in [0.2, 0.25) is 0 Å². The molecule has 1 aromatic heterocycles. The Morgan fingerprint density at radius 1 is 1.14 bits per heavy atom. The highest BCUT2D eigenvalue weighted by atomic mass is 32.2. The molecule has 3 rings (SSSR count). The van der Waals surface area contributed by atoms with E-state index in [-0.39, 0.29) is 16.6 Å². The van der Waals surface area contributed by atoms with Crippen LogP contribution in [-0.4, -0.2) is 34.8 Å². The summed E-state index contributed by atoms with van der Waals surface area (Å²) in [6.07, 6.45) is 1.74. The molecule has 150 valence electrons. The Morgan fingerprint density at radius 3 is 2.45 bits per heavy atom. The van der Waals surface area contributed by atoms with Crippen molar-refractivity contribution in [3.05, 3.63) is 67.3 Å². The molecule has 0 bridgehead atoms. The van der Waals surface area contributed by atoms with E-state index < -0.39 is 10.0 Å². The fraction of sp³-hybridized carbons (Fsp3) is 0.105. The van der Waals surface area contributed by atoms with Gasteiger partial charge in [-0.3, -0.25) is 9.36 Å². The summed E-state index contributed by atoms with van der Waals surface area (Å²) in [6, 6.07) is 15.3. The smallest absolute Gasteiger partial charge is 0.238 e. The summed E-state index contributed by atoms with van der Waals surface area (Å²) < 4.78 is 24.5. The maximum Gasteiger partial charge on any atom is 0.238 e. The SMILES string of the molecule is C=CCn1c(SCC(=O)Nc2ccc(S(N)(=O)=O)cc2)nnc1-c1ccccc1. The Bertz CT molecular complexity index is 1110. The van der Waals surface area contributed by atoms with E-state index in [1.54, 1.807) is 6.08 Å². The van der Waals surface area contributed by atoms with Gasteiger partial charge in [0.1, 0.15) is 0 Å². The van der Waals surface area contributed by atoms with Gasteiger partial charge in [0.15, 0.2) is 11.0 Å². The zero-order chi connectivity index (χ0) is 20.9. The van der Waals surface area contributed by atoms with Crippen LogP contribution in [0.25, 0.3) is 11.4 Å². The standard InChI is InChI=1S/C19H19N5O3S2/c1-2-12-24-18(14-6-4-3-5-7-14)22-23-19(24)28-13-17(25)21-15-8-10-16(11-9-15)29(20,26)27/h2-11H,1,12-13H2,(H,21,25)(H2,20,26,27). The van der Waals surface area contributed by atoms with Gasteiger partial charge in [-0.05, 0) is 24.3 Å². The Morgan fingerprint density at radius 2 is 1.83 bits per heavy atom. The molecule has 0 aliphatic heterocycles. The number of allylic oxidation sites excluding steroid dienone is 1. The molecule has 0 radical (unpaired) electrons. The van der Waals surface area contributed by atoms with Crippen LogP contribution in [-0.2, 0) is 21.4 Å². The van der Waals surface area contributed by atoms with Crippen molar-refractivity contribution >= 4 is 33.4 Å². The van der Waals surface area contributed by atoms with Crippen molar-refractivity contribution in [1.29, 1.82) is 0 Å². The summed E-state index contributed by atoms with van der Waals surface area (Å²) in [6.45, 7) is 4.28. The van der Waals surface area contributed by atoms with Gasteiger partial charge in [-0.2, -0.15) is 0 Å². The molecule has 29 heavy (non-hydrogen) atoms. The molecule has 3 N–H and O–H groups in total. The van der Waals surface area contributed by atoms with E-state index in [1.807, 2.05) is 34.9 Å². The monoisotopic (exact) mass is 429 g/mol. The van der Waals surface area contributed by atoms with E-state index >= 15 is 0 Å². The predicted octanol–water partition coefficient (Wildman–Crippen LogP) is 2.51. The fourth-order valence-electron chi connectivity index (χ4n) is 2.55. The first-order valence-electron chi connectivity index (χ1n) is 8.53. The Hall–Kier alpha value is -2.95. The van der Waals surface area contributed by atoms with Crippen LogP contribution in [0.15, 0.2) is 77.3 Å². The predicted molar refractivity (Wildman–Crippen MR) is 113 cm³/mol. The molecule has 0 atom stereocenters. The number of hydrogen-bond donors (Lipinski definition) is 2. The van der Waals surface area contributed by atoms with Crippen molar-refractivity contribution in [2.24, 2.45) is 5.14 Å². The second kappa shape index (κ2) is 9.03. The van der Waals surface area contributed by atoms with E-state index in [0.29, 0.717) is 23.2 Å². The van der Waals surface area contributed by atoms with Crippen LogP contribution < -0.4 is 10.5 Å². The topological polar surface area (TPSA) is 120 Å². The molecule has 0 unspecified atom stereocenters. The molecule has 1 amide bonds. The minimum atomic E-state index is -3.77. The van der Waals surface area contributed by atoms with Crippen LogP contribution in [0.5, 0.6) is 0 Å². The zero-order valence-corrected chi connectivity index (χ0v) is 17.0. The van der Waals surface area contributed by atoms with Gasteiger partial charge in [-0.25, -0.2) is 13.6 Å². The maximum atomic E-state index is 12.3. The lowest BCUT2D eigenvalue weighted by atomic mass is 10.2. The molecule has 3 aromatic rings. The summed E-state index contributed by atoms with van der Waals surface area (Å²) in [7, 11) is -3.77. The molecular weight excluding hydrogens is 410 g/mol. The van der Waals surface area contributed by atoms with Gasteiger partial charge < -0.3 is 5.32 Å². The third-order valence-corrected chi connectivity index (χ3v) is 5.76. The largest absolute Gasteiger partial charge is 0.325 e. The van der Waals surface area contributed by atoms with Crippen LogP contribution in [0.4, 0.5) is 5.69 Å². The summed E-state index contributed by atoms with van der Waals surface area (Å²) in [4.78, 5) is 12.2. The third kappa shape index (κ3) is 5.31. The highest BCUT2D eigenvalue weighted by Gasteiger charge is 2.15. The number of amides is 1. The van der Waals surface area contributed by atoms with Crippen LogP contribution >= 0.6 is 11.8 Å². The number of benzene rings is 2. The number of carbonyl (C=O) groups excluding carboxylic acids is 1. The molecule has 0 aliphatic rings. The molecule has 0 spiro atoms. The van der Waals surface area contributed by atoms with Crippen LogP contribution in [0.1, 0.15) is 0 Å². The maximum absolute atomic E-state index is 12.3. The Kier molecular flexibility index (Phi) is 6.47. The Balaban J connectivity index is 1.67. The number of aromatic nitrogens is 3. The van der Waals surface area contributed by atoms with E-state index in [4.69, 9.17) is 5.14 Å². The van der Waals surface area contributed by atoms with Crippen molar-refractivity contribution in [2.75, 3.05) is 11.1 Å². The lowest BCUT2D eigenvalue weighted by Crippen LogP contribution is -2.15. The van der Waals surface area contributed by atoms with Gasteiger partial charge >= 0.3 is 0 Å². The first-order chi connectivity index (χ1) is 13.9. The summed E-state index contributed by atoms with van der Waals surface area (Å²) in [5.41, 5.74) is 1.40. The average molecular weight is 430 g/mol. The van der Waals surface area contributed by atoms with E-state index in [1.165, 1.54) is 36.0 Å². The number of carbonyl (C=O) groups is 1. The highest BCUT2D eigenvalue weighted by molar-refractivity contribution is 7.99. The van der Waals surface area contributed by atoms with Gasteiger partial charge in [0.2, 0.25) is 15.9 Å². The molecule has 1 heterocycles. The Labute approximate surface area is 172 Å². The lowest BCUT2D eigenvalue weighted by molar-refractivity contribution is -0.113. The lowest BCUT2D eigenvalue weighted by Gasteiger charge is -2.08. The average Bonchev–Trinajstić information content (AvgIpc) is 3.10. The molecule has 0 aliphatic carbocycles. The van der Waals surface area contributed by atoms with E-state index in [2.05, 4.69) is 22.1 Å². The van der Waals surface area contributed by atoms with Crippen molar-refractivity contribution in [3.63, 3.8) is 0 Å². The van der Waals surface area contributed by atoms with E-state index in [9.17, 15) is 13.2 Å².